The van der Waals surface area contributed by atoms with Gasteiger partial charge in [0, 0.05) is 11.3 Å². The quantitative estimate of drug-likeness (QED) is 0.801. The summed E-state index contributed by atoms with van der Waals surface area (Å²) in [6.45, 7) is 6.01. The lowest BCUT2D eigenvalue weighted by atomic mass is 9.93. The van der Waals surface area contributed by atoms with E-state index in [2.05, 4.69) is 29.0 Å². The van der Waals surface area contributed by atoms with Crippen LogP contribution in [0, 0.1) is 5.92 Å². The second-order valence-electron chi connectivity index (χ2n) is 6.61. The second-order valence-corrected chi connectivity index (χ2v) is 6.61. The highest BCUT2D eigenvalue weighted by molar-refractivity contribution is 5.61. The van der Waals surface area contributed by atoms with Crippen molar-refractivity contribution in [3.05, 3.63) is 42.4 Å². The van der Waals surface area contributed by atoms with E-state index >= 15 is 0 Å². The molecule has 0 aliphatic rings. The zero-order valence-corrected chi connectivity index (χ0v) is 13.3. The van der Waals surface area contributed by atoms with E-state index in [0.29, 0.717) is 5.92 Å². The zero-order chi connectivity index (χ0) is 15.3. The molecule has 0 aliphatic carbocycles. The largest absolute Gasteiger partial charge is 0.390 e. The van der Waals surface area contributed by atoms with Gasteiger partial charge in [0.05, 0.1) is 17.6 Å². The number of rotatable bonds is 7. The van der Waals surface area contributed by atoms with Crippen molar-refractivity contribution in [2.45, 2.75) is 52.1 Å². The summed E-state index contributed by atoms with van der Waals surface area (Å²) < 4.78 is 0. The van der Waals surface area contributed by atoms with Crippen LogP contribution in [0.15, 0.2) is 36.7 Å². The van der Waals surface area contributed by atoms with Crippen LogP contribution in [-0.4, -0.2) is 20.7 Å². The van der Waals surface area contributed by atoms with Gasteiger partial charge in [-0.2, -0.15) is 0 Å². The van der Waals surface area contributed by atoms with Gasteiger partial charge in [0.25, 0.3) is 0 Å². The Bertz CT molecular complexity index is 540. The summed E-state index contributed by atoms with van der Waals surface area (Å²) in [5.41, 5.74) is 2.88. The van der Waals surface area contributed by atoms with Gasteiger partial charge >= 0.3 is 0 Å². The third-order valence-electron chi connectivity index (χ3n) is 3.80. The molecule has 0 amide bonds. The molecule has 0 aliphatic heterocycles. The molecular weight excluding hydrogens is 260 g/mol. The van der Waals surface area contributed by atoms with Crippen molar-refractivity contribution in [3.63, 3.8) is 0 Å². The Hall–Kier alpha value is -1.61. The van der Waals surface area contributed by atoms with Gasteiger partial charge in [-0.3, -0.25) is 0 Å². The molecule has 0 saturated heterocycles. The highest BCUT2D eigenvalue weighted by Crippen LogP contribution is 2.24. The van der Waals surface area contributed by atoms with Crippen LogP contribution in [0.4, 0.5) is 0 Å². The average Bonchev–Trinajstić information content (AvgIpc) is 2.86. The summed E-state index contributed by atoms with van der Waals surface area (Å²) in [4.78, 5) is 7.74. The molecule has 3 heteroatoms. The molecule has 0 spiro atoms. The van der Waals surface area contributed by atoms with Crippen molar-refractivity contribution in [2.24, 2.45) is 5.92 Å². The summed E-state index contributed by atoms with van der Waals surface area (Å²) in [5, 5.41) is 9.76. The van der Waals surface area contributed by atoms with Crippen LogP contribution in [-0.2, 0) is 6.42 Å². The molecule has 1 aromatic heterocycles. The average molecular weight is 286 g/mol. The topological polar surface area (TPSA) is 48.9 Å². The number of aromatic amines is 1. The molecule has 3 nitrogen and oxygen atoms in total. The fraction of sp³-hybridized carbons (Fsp3) is 0.500. The van der Waals surface area contributed by atoms with E-state index in [1.54, 1.807) is 6.33 Å². The van der Waals surface area contributed by atoms with Crippen molar-refractivity contribution in [1.29, 1.82) is 0 Å². The molecule has 0 saturated carbocycles. The lowest BCUT2D eigenvalue weighted by Gasteiger charge is -2.18. The second kappa shape index (κ2) is 6.90. The summed E-state index contributed by atoms with van der Waals surface area (Å²) in [6, 6.07) is 10.3. The highest BCUT2D eigenvalue weighted by atomic mass is 16.3. The molecule has 1 atom stereocenters. The van der Waals surface area contributed by atoms with Crippen molar-refractivity contribution < 1.29 is 5.11 Å². The summed E-state index contributed by atoms with van der Waals surface area (Å²) in [5.74, 6) is 0.579. The van der Waals surface area contributed by atoms with Crippen LogP contribution in [0.3, 0.4) is 0 Å². The number of benzene rings is 1. The molecule has 21 heavy (non-hydrogen) atoms. The number of nitrogens with zero attached hydrogens (tertiary/aromatic N) is 1. The summed E-state index contributed by atoms with van der Waals surface area (Å²) >= 11 is 0. The van der Waals surface area contributed by atoms with Gasteiger partial charge in [0.2, 0.25) is 0 Å². The molecule has 114 valence electrons. The predicted octanol–water partition coefficient (Wildman–Crippen LogP) is 4.20. The number of H-pyrrole nitrogens is 1. The Morgan fingerprint density at radius 1 is 1.24 bits per heavy atom. The number of nitrogens with one attached hydrogen (secondary N) is 1. The Kier molecular flexibility index (Phi) is 5.18. The summed E-state index contributed by atoms with van der Waals surface area (Å²) in [6.07, 6.45) is 5.81. The minimum Gasteiger partial charge on any atom is -0.390 e. The number of hydrogen-bond donors (Lipinski definition) is 2. The van der Waals surface area contributed by atoms with Gasteiger partial charge in [-0.1, -0.05) is 50.1 Å². The normalized spacial score (nSPS) is 13.3. The van der Waals surface area contributed by atoms with E-state index in [1.165, 1.54) is 5.69 Å². The van der Waals surface area contributed by atoms with Crippen LogP contribution in [0.2, 0.25) is 0 Å². The first-order valence-corrected chi connectivity index (χ1v) is 7.76. The third kappa shape index (κ3) is 5.01. The lowest BCUT2D eigenvalue weighted by molar-refractivity contribution is 0.0670. The lowest BCUT2D eigenvalue weighted by Crippen LogP contribution is -2.18. The standard InChI is InChI=1S/C18H26N2O/c1-14(8-7-11-18(2,3)21)12-16-17(20-13-19-16)15-9-5-4-6-10-15/h4-6,9-10,13-14,21H,7-8,11-12H2,1-3H3,(H,19,20)/t14-/m0/s1. The molecule has 0 radical (unpaired) electrons. The molecule has 1 heterocycles. The van der Waals surface area contributed by atoms with Crippen molar-refractivity contribution in [2.75, 3.05) is 0 Å². The molecule has 2 N–H and O–H groups in total. The zero-order valence-electron chi connectivity index (χ0n) is 13.3. The van der Waals surface area contributed by atoms with Crippen molar-refractivity contribution in [1.82, 2.24) is 9.97 Å². The van der Waals surface area contributed by atoms with Crippen LogP contribution < -0.4 is 0 Å². The SMILES string of the molecule is C[C@@H](CCCC(C)(C)O)Cc1[nH]cnc1-c1ccccc1. The molecule has 2 aromatic rings. The molecular formula is C18H26N2O. The van der Waals surface area contributed by atoms with E-state index in [4.69, 9.17) is 0 Å². The van der Waals surface area contributed by atoms with Crippen molar-refractivity contribution in [3.8, 4) is 11.3 Å². The maximum absolute atomic E-state index is 9.76. The number of aliphatic hydroxyl groups is 1. The Balaban J connectivity index is 1.93. The van der Waals surface area contributed by atoms with Crippen LogP contribution >= 0.6 is 0 Å². The summed E-state index contributed by atoms with van der Waals surface area (Å²) in [7, 11) is 0. The maximum Gasteiger partial charge on any atom is 0.0929 e. The Morgan fingerprint density at radius 3 is 2.62 bits per heavy atom. The third-order valence-corrected chi connectivity index (χ3v) is 3.80. The number of hydrogen-bond acceptors (Lipinski definition) is 2. The molecule has 1 aromatic carbocycles. The van der Waals surface area contributed by atoms with Gasteiger partial charge < -0.3 is 10.1 Å². The number of imidazole rings is 1. The van der Waals surface area contributed by atoms with Crippen molar-refractivity contribution >= 4 is 0 Å². The monoisotopic (exact) mass is 286 g/mol. The highest BCUT2D eigenvalue weighted by Gasteiger charge is 2.15. The first-order chi connectivity index (χ1) is 9.96. The Labute approximate surface area is 127 Å². The van der Waals surface area contributed by atoms with Crippen LogP contribution in [0.5, 0.6) is 0 Å². The van der Waals surface area contributed by atoms with E-state index in [0.717, 1.165) is 36.9 Å². The maximum atomic E-state index is 9.76. The first-order valence-electron chi connectivity index (χ1n) is 7.76. The molecule has 0 fully saturated rings. The van der Waals surface area contributed by atoms with E-state index in [1.807, 2.05) is 32.0 Å². The molecule has 2 rings (SSSR count). The fourth-order valence-electron chi connectivity index (χ4n) is 2.66. The van der Waals surface area contributed by atoms with E-state index < -0.39 is 5.60 Å². The van der Waals surface area contributed by atoms with Gasteiger partial charge in [-0.05, 0) is 32.6 Å². The Morgan fingerprint density at radius 2 is 1.95 bits per heavy atom. The molecule has 0 unspecified atom stereocenters. The van der Waals surface area contributed by atoms with Gasteiger partial charge in [-0.25, -0.2) is 4.98 Å². The molecule has 0 bridgehead atoms. The number of aromatic nitrogens is 2. The predicted molar refractivity (Wildman–Crippen MR) is 87.0 cm³/mol. The van der Waals surface area contributed by atoms with Gasteiger partial charge in [0.1, 0.15) is 0 Å². The van der Waals surface area contributed by atoms with E-state index in [-0.39, 0.29) is 0 Å². The minimum atomic E-state index is -0.553. The van der Waals surface area contributed by atoms with Gasteiger partial charge in [-0.15, -0.1) is 0 Å². The minimum absolute atomic E-state index is 0.553. The van der Waals surface area contributed by atoms with Crippen LogP contribution in [0.25, 0.3) is 11.3 Å². The van der Waals surface area contributed by atoms with E-state index in [9.17, 15) is 5.11 Å². The first kappa shape index (κ1) is 15.8. The fourth-order valence-corrected chi connectivity index (χ4v) is 2.66. The van der Waals surface area contributed by atoms with Crippen LogP contribution in [0.1, 0.15) is 45.7 Å². The van der Waals surface area contributed by atoms with Gasteiger partial charge in [0.15, 0.2) is 0 Å². The smallest absolute Gasteiger partial charge is 0.0929 e.